The minimum Gasteiger partial charge on any atom is -0.494 e. The predicted octanol–water partition coefficient (Wildman–Crippen LogP) is 1.06. The van der Waals surface area contributed by atoms with Gasteiger partial charge >= 0.3 is 5.97 Å². The van der Waals surface area contributed by atoms with Gasteiger partial charge in [0.1, 0.15) is 11.8 Å². The lowest BCUT2D eigenvalue weighted by Gasteiger charge is -2.11. The quantitative estimate of drug-likeness (QED) is 0.570. The molecule has 0 aliphatic rings. The van der Waals surface area contributed by atoms with E-state index in [9.17, 15) is 4.79 Å². The Bertz CT molecular complexity index is 404. The van der Waals surface area contributed by atoms with Gasteiger partial charge < -0.3 is 20.1 Å². The Morgan fingerprint density at radius 3 is 2.50 bits per heavy atom. The second kappa shape index (κ2) is 8.55. The van der Waals surface area contributed by atoms with E-state index in [4.69, 9.17) is 10.5 Å². The highest BCUT2D eigenvalue weighted by atomic mass is 16.5. The largest absolute Gasteiger partial charge is 0.494 e. The van der Waals surface area contributed by atoms with Crippen LogP contribution in [-0.4, -0.2) is 51.3 Å². The van der Waals surface area contributed by atoms with Crippen LogP contribution in [0.2, 0.25) is 0 Å². The Labute approximate surface area is 120 Å². The summed E-state index contributed by atoms with van der Waals surface area (Å²) in [5.74, 6) is 0.438. The van der Waals surface area contributed by atoms with Crippen molar-refractivity contribution in [2.75, 3.05) is 34.4 Å². The fourth-order valence-corrected chi connectivity index (χ4v) is 1.78. The highest BCUT2D eigenvalue weighted by Gasteiger charge is 2.13. The van der Waals surface area contributed by atoms with Crippen molar-refractivity contribution < 1.29 is 14.3 Å². The molecular formula is C15H24N2O3. The van der Waals surface area contributed by atoms with Crippen LogP contribution in [0.1, 0.15) is 12.0 Å². The molecule has 112 valence electrons. The second-order valence-corrected chi connectivity index (χ2v) is 4.98. The molecule has 5 nitrogen and oxygen atoms in total. The van der Waals surface area contributed by atoms with Gasteiger partial charge in [-0.05, 0) is 44.6 Å². The zero-order valence-corrected chi connectivity index (χ0v) is 12.5. The number of hydrogen-bond donors (Lipinski definition) is 1. The molecule has 1 unspecified atom stereocenters. The third-order valence-corrected chi connectivity index (χ3v) is 2.90. The molecule has 0 aromatic heterocycles. The maximum Gasteiger partial charge on any atom is 0.322 e. The van der Waals surface area contributed by atoms with Gasteiger partial charge in [-0.25, -0.2) is 0 Å². The maximum atomic E-state index is 11.2. The van der Waals surface area contributed by atoms with Crippen molar-refractivity contribution in [1.29, 1.82) is 0 Å². The summed E-state index contributed by atoms with van der Waals surface area (Å²) in [6, 6.07) is 7.02. The number of hydrogen-bond acceptors (Lipinski definition) is 5. The summed E-state index contributed by atoms with van der Waals surface area (Å²) in [4.78, 5) is 13.4. The fraction of sp³-hybridized carbons (Fsp3) is 0.533. The highest BCUT2D eigenvalue weighted by molar-refractivity contribution is 5.75. The average molecular weight is 280 g/mol. The van der Waals surface area contributed by atoms with Gasteiger partial charge in [-0.3, -0.25) is 4.79 Å². The first-order valence-electron chi connectivity index (χ1n) is 6.73. The molecule has 2 N–H and O–H groups in total. The zero-order valence-electron chi connectivity index (χ0n) is 12.5. The zero-order chi connectivity index (χ0) is 15.0. The van der Waals surface area contributed by atoms with E-state index in [1.807, 2.05) is 38.4 Å². The normalized spacial score (nSPS) is 12.2. The van der Waals surface area contributed by atoms with E-state index in [0.29, 0.717) is 13.0 Å². The number of methoxy groups -OCH3 is 1. The van der Waals surface area contributed by atoms with E-state index in [1.165, 1.54) is 7.11 Å². The molecule has 5 heteroatoms. The van der Waals surface area contributed by atoms with Crippen molar-refractivity contribution in [3.63, 3.8) is 0 Å². The highest BCUT2D eigenvalue weighted by Crippen LogP contribution is 2.13. The van der Waals surface area contributed by atoms with E-state index in [-0.39, 0.29) is 0 Å². The third-order valence-electron chi connectivity index (χ3n) is 2.90. The molecule has 20 heavy (non-hydrogen) atoms. The van der Waals surface area contributed by atoms with Gasteiger partial charge in [0, 0.05) is 6.54 Å². The van der Waals surface area contributed by atoms with Gasteiger partial charge in [-0.15, -0.1) is 0 Å². The first-order valence-corrected chi connectivity index (χ1v) is 6.73. The first kappa shape index (κ1) is 16.5. The molecule has 0 spiro atoms. The Morgan fingerprint density at radius 1 is 1.30 bits per heavy atom. The lowest BCUT2D eigenvalue weighted by molar-refractivity contribution is -0.142. The number of nitrogens with two attached hydrogens (primary N) is 1. The van der Waals surface area contributed by atoms with Crippen LogP contribution in [0.15, 0.2) is 24.3 Å². The molecule has 0 aliphatic carbocycles. The molecule has 0 amide bonds. The molecule has 0 radical (unpaired) electrons. The summed E-state index contributed by atoms with van der Waals surface area (Å²) in [7, 11) is 5.42. The van der Waals surface area contributed by atoms with Gasteiger partial charge in [0.15, 0.2) is 0 Å². The topological polar surface area (TPSA) is 64.8 Å². The molecule has 0 heterocycles. The summed E-state index contributed by atoms with van der Waals surface area (Å²) in [5.41, 5.74) is 6.70. The van der Waals surface area contributed by atoms with Crippen molar-refractivity contribution in [3.05, 3.63) is 29.8 Å². The van der Waals surface area contributed by atoms with Crippen molar-refractivity contribution >= 4 is 5.97 Å². The van der Waals surface area contributed by atoms with E-state index in [1.54, 1.807) is 0 Å². The Hall–Kier alpha value is -1.59. The Balaban J connectivity index is 2.38. The van der Waals surface area contributed by atoms with Crippen molar-refractivity contribution in [2.24, 2.45) is 5.73 Å². The van der Waals surface area contributed by atoms with Crippen LogP contribution in [0.4, 0.5) is 0 Å². The standard InChI is InChI=1S/C15H24N2O3/c1-17(2)9-4-10-20-13-7-5-12(6-8-13)11-14(16)15(18)19-3/h5-8,14H,4,9-11,16H2,1-3H3. The van der Waals surface area contributed by atoms with Gasteiger partial charge in [0.05, 0.1) is 13.7 Å². The third kappa shape index (κ3) is 6.04. The number of benzene rings is 1. The molecule has 1 aromatic rings. The smallest absolute Gasteiger partial charge is 0.322 e. The lowest BCUT2D eigenvalue weighted by atomic mass is 10.1. The Kier molecular flexibility index (Phi) is 7.04. The molecule has 1 rings (SSSR count). The first-order chi connectivity index (χ1) is 9.52. The van der Waals surface area contributed by atoms with Gasteiger partial charge in [0.2, 0.25) is 0 Å². The maximum absolute atomic E-state index is 11.2. The SMILES string of the molecule is COC(=O)C(N)Cc1ccc(OCCCN(C)C)cc1. The van der Waals surface area contributed by atoms with Crippen molar-refractivity contribution in [1.82, 2.24) is 4.90 Å². The number of esters is 1. The van der Waals surface area contributed by atoms with Crippen molar-refractivity contribution in [2.45, 2.75) is 18.9 Å². The number of carbonyl (C=O) groups is 1. The second-order valence-electron chi connectivity index (χ2n) is 4.98. The summed E-state index contributed by atoms with van der Waals surface area (Å²) in [6.45, 7) is 1.70. The van der Waals surface area contributed by atoms with Crippen LogP contribution in [0, 0.1) is 0 Å². The molecule has 1 atom stereocenters. The van der Waals surface area contributed by atoms with E-state index in [2.05, 4.69) is 9.64 Å². The summed E-state index contributed by atoms with van der Waals surface area (Å²) in [6.07, 6.45) is 1.45. The average Bonchev–Trinajstić information content (AvgIpc) is 2.44. The number of nitrogens with zero attached hydrogens (tertiary/aromatic N) is 1. The lowest BCUT2D eigenvalue weighted by Crippen LogP contribution is -2.33. The minimum absolute atomic E-state index is 0.394. The van der Waals surface area contributed by atoms with Crippen LogP contribution in [0.3, 0.4) is 0 Å². The van der Waals surface area contributed by atoms with Gasteiger partial charge in [-0.2, -0.15) is 0 Å². The molecular weight excluding hydrogens is 256 g/mol. The number of carbonyl (C=O) groups excluding carboxylic acids is 1. The monoisotopic (exact) mass is 280 g/mol. The van der Waals surface area contributed by atoms with E-state index >= 15 is 0 Å². The van der Waals surface area contributed by atoms with E-state index in [0.717, 1.165) is 24.3 Å². The van der Waals surface area contributed by atoms with Crippen LogP contribution >= 0.6 is 0 Å². The van der Waals surface area contributed by atoms with Crippen LogP contribution in [0.25, 0.3) is 0 Å². The molecule has 0 saturated carbocycles. The number of rotatable bonds is 8. The molecule has 1 aromatic carbocycles. The fourth-order valence-electron chi connectivity index (χ4n) is 1.78. The predicted molar refractivity (Wildman–Crippen MR) is 78.8 cm³/mol. The molecule has 0 fully saturated rings. The summed E-state index contributed by atoms with van der Waals surface area (Å²) >= 11 is 0. The molecule has 0 aliphatic heterocycles. The van der Waals surface area contributed by atoms with Gasteiger partial charge in [-0.1, -0.05) is 12.1 Å². The summed E-state index contributed by atoms with van der Waals surface area (Å²) < 4.78 is 10.2. The number of ether oxygens (including phenoxy) is 2. The molecule has 0 saturated heterocycles. The van der Waals surface area contributed by atoms with E-state index < -0.39 is 12.0 Å². The molecule has 0 bridgehead atoms. The van der Waals surface area contributed by atoms with Crippen LogP contribution < -0.4 is 10.5 Å². The van der Waals surface area contributed by atoms with Crippen LogP contribution in [-0.2, 0) is 16.0 Å². The summed E-state index contributed by atoms with van der Waals surface area (Å²) in [5, 5.41) is 0. The van der Waals surface area contributed by atoms with Crippen molar-refractivity contribution in [3.8, 4) is 5.75 Å². The van der Waals surface area contributed by atoms with Gasteiger partial charge in [0.25, 0.3) is 0 Å². The Morgan fingerprint density at radius 2 is 1.95 bits per heavy atom. The minimum atomic E-state index is -0.619. The van der Waals surface area contributed by atoms with Crippen LogP contribution in [0.5, 0.6) is 5.75 Å².